The minimum Gasteiger partial charge on any atom is -0.373 e. The van der Waals surface area contributed by atoms with E-state index < -0.39 is 0 Å². The molecule has 0 N–H and O–H groups in total. The maximum atomic E-state index is 12.4. The zero-order valence-corrected chi connectivity index (χ0v) is 14.2. The third kappa shape index (κ3) is 2.59. The zero-order valence-electron chi connectivity index (χ0n) is 12.6. The molecule has 0 aliphatic heterocycles. The minimum atomic E-state index is -0.0899. The molecular weight excluding hydrogens is 328 g/mol. The Bertz CT molecular complexity index is 528. The van der Waals surface area contributed by atoms with Gasteiger partial charge in [0.15, 0.2) is 0 Å². The van der Waals surface area contributed by atoms with Crippen molar-refractivity contribution in [2.75, 3.05) is 6.61 Å². The highest BCUT2D eigenvalue weighted by Crippen LogP contribution is 2.57. The predicted octanol–water partition coefficient (Wildman–Crippen LogP) is 5.07. The summed E-state index contributed by atoms with van der Waals surface area (Å²) in [4.78, 5) is 12.4. The first-order valence-corrected chi connectivity index (χ1v) is 8.87. The third-order valence-corrected chi connectivity index (χ3v) is 6.10. The summed E-state index contributed by atoms with van der Waals surface area (Å²) in [6.07, 6.45) is 6.44. The molecule has 0 amide bonds. The molecule has 3 heteroatoms. The molecule has 0 bridgehead atoms. The number of ketones is 1. The van der Waals surface area contributed by atoms with Crippen molar-refractivity contribution in [1.82, 2.24) is 0 Å². The van der Waals surface area contributed by atoms with E-state index in [-0.39, 0.29) is 11.5 Å². The van der Waals surface area contributed by atoms with E-state index in [1.807, 2.05) is 13.0 Å². The second kappa shape index (κ2) is 6.21. The molecule has 0 heterocycles. The molecule has 3 rings (SSSR count). The molecule has 0 aromatic heterocycles. The molecule has 0 saturated heterocycles. The molecule has 1 aromatic carbocycles. The first-order valence-electron chi connectivity index (χ1n) is 8.08. The molecule has 1 aromatic rings. The lowest BCUT2D eigenvalue weighted by atomic mass is 9.52. The van der Waals surface area contributed by atoms with Crippen molar-refractivity contribution in [3.05, 3.63) is 34.3 Å². The van der Waals surface area contributed by atoms with Gasteiger partial charge in [0, 0.05) is 28.8 Å². The number of hydrogen-bond donors (Lipinski definition) is 0. The second-order valence-electron chi connectivity index (χ2n) is 6.33. The average Bonchev–Trinajstić information content (AvgIpc) is 2.52. The smallest absolute Gasteiger partial charge is 0.139 e. The second-order valence-corrected chi connectivity index (χ2v) is 7.18. The topological polar surface area (TPSA) is 26.3 Å². The van der Waals surface area contributed by atoms with E-state index in [1.165, 1.54) is 18.4 Å². The highest BCUT2D eigenvalue weighted by molar-refractivity contribution is 9.10. The summed E-state index contributed by atoms with van der Waals surface area (Å²) in [7, 11) is 0. The Hall–Kier alpha value is -0.670. The molecule has 2 fully saturated rings. The molecule has 2 aliphatic rings. The maximum Gasteiger partial charge on any atom is 0.139 e. The normalized spacial score (nSPS) is 30.2. The van der Waals surface area contributed by atoms with Crippen LogP contribution in [0.25, 0.3) is 0 Å². The van der Waals surface area contributed by atoms with Gasteiger partial charge in [-0.25, -0.2) is 0 Å². The van der Waals surface area contributed by atoms with Gasteiger partial charge in [-0.1, -0.05) is 47.0 Å². The van der Waals surface area contributed by atoms with E-state index in [1.54, 1.807) is 0 Å². The van der Waals surface area contributed by atoms with Crippen LogP contribution in [0.3, 0.4) is 0 Å². The van der Waals surface area contributed by atoms with E-state index in [4.69, 9.17) is 4.74 Å². The van der Waals surface area contributed by atoms with Crippen molar-refractivity contribution in [3.8, 4) is 0 Å². The van der Waals surface area contributed by atoms with Gasteiger partial charge in [-0.2, -0.15) is 0 Å². The lowest BCUT2D eigenvalue weighted by molar-refractivity contribution is -0.155. The van der Waals surface area contributed by atoms with Crippen LogP contribution in [0.1, 0.15) is 57.1 Å². The highest BCUT2D eigenvalue weighted by Gasteiger charge is 2.55. The molecule has 3 atom stereocenters. The van der Waals surface area contributed by atoms with Crippen molar-refractivity contribution in [2.45, 2.75) is 51.6 Å². The summed E-state index contributed by atoms with van der Waals surface area (Å²) >= 11 is 3.66. The first kappa shape index (κ1) is 15.2. The Balaban J connectivity index is 1.96. The fraction of sp³-hybridized carbons (Fsp3) is 0.611. The van der Waals surface area contributed by atoms with Gasteiger partial charge in [0.1, 0.15) is 5.78 Å². The monoisotopic (exact) mass is 350 g/mol. The third-order valence-electron chi connectivity index (χ3n) is 5.37. The van der Waals surface area contributed by atoms with E-state index in [0.29, 0.717) is 18.3 Å². The van der Waals surface area contributed by atoms with Crippen LogP contribution in [0.4, 0.5) is 0 Å². The Morgan fingerprint density at radius 1 is 1.33 bits per heavy atom. The molecule has 0 radical (unpaired) electrons. The first-order chi connectivity index (χ1) is 10.2. The van der Waals surface area contributed by atoms with Gasteiger partial charge in [0.2, 0.25) is 0 Å². The minimum absolute atomic E-state index is 0.0372. The Labute approximate surface area is 135 Å². The number of ether oxygens (including phenoxy) is 1. The van der Waals surface area contributed by atoms with Crippen LogP contribution in [0, 0.1) is 11.3 Å². The summed E-state index contributed by atoms with van der Waals surface area (Å²) in [5.41, 5.74) is 1.11. The summed E-state index contributed by atoms with van der Waals surface area (Å²) in [6, 6.07) is 8.29. The number of carbonyl (C=O) groups excluding carboxylic acids is 1. The van der Waals surface area contributed by atoms with Gasteiger partial charge in [-0.3, -0.25) is 4.79 Å². The number of carbonyl (C=O) groups is 1. The van der Waals surface area contributed by atoms with Crippen LogP contribution in [-0.4, -0.2) is 12.4 Å². The molecule has 21 heavy (non-hydrogen) atoms. The number of hydrogen-bond acceptors (Lipinski definition) is 2. The van der Waals surface area contributed by atoms with Crippen molar-refractivity contribution >= 4 is 21.7 Å². The van der Waals surface area contributed by atoms with Crippen LogP contribution in [0.5, 0.6) is 0 Å². The van der Waals surface area contributed by atoms with Crippen molar-refractivity contribution in [1.29, 1.82) is 0 Å². The number of benzene rings is 1. The van der Waals surface area contributed by atoms with E-state index >= 15 is 0 Å². The average molecular weight is 351 g/mol. The van der Waals surface area contributed by atoms with E-state index in [2.05, 4.69) is 34.1 Å². The SMILES string of the molecule is CCO[C@H](c1ccccc1Br)[C@H]1CCCC[C@]12CCC2=O. The Kier molecular flexibility index (Phi) is 4.51. The van der Waals surface area contributed by atoms with Crippen LogP contribution < -0.4 is 0 Å². The van der Waals surface area contributed by atoms with Crippen LogP contribution >= 0.6 is 15.9 Å². The Morgan fingerprint density at radius 3 is 2.76 bits per heavy atom. The summed E-state index contributed by atoms with van der Waals surface area (Å²) in [5.74, 6) is 0.815. The highest BCUT2D eigenvalue weighted by atomic mass is 79.9. The lowest BCUT2D eigenvalue weighted by Gasteiger charge is -2.51. The summed E-state index contributed by atoms with van der Waals surface area (Å²) < 4.78 is 7.24. The molecule has 2 nitrogen and oxygen atoms in total. The van der Waals surface area contributed by atoms with E-state index in [9.17, 15) is 4.79 Å². The Morgan fingerprint density at radius 2 is 2.14 bits per heavy atom. The van der Waals surface area contributed by atoms with Gasteiger partial charge in [-0.05, 0) is 37.8 Å². The predicted molar refractivity (Wildman–Crippen MR) is 87.1 cm³/mol. The number of Topliss-reactive ketones (excluding diaryl/α,β-unsaturated/α-hetero) is 1. The molecule has 0 unspecified atom stereocenters. The van der Waals surface area contributed by atoms with Gasteiger partial charge in [0.05, 0.1) is 6.10 Å². The van der Waals surface area contributed by atoms with Crippen LogP contribution in [0.15, 0.2) is 28.7 Å². The largest absolute Gasteiger partial charge is 0.373 e. The van der Waals surface area contributed by atoms with Gasteiger partial charge >= 0.3 is 0 Å². The van der Waals surface area contributed by atoms with Crippen LogP contribution in [0.2, 0.25) is 0 Å². The summed E-state index contributed by atoms with van der Waals surface area (Å²) in [5, 5.41) is 0. The number of rotatable bonds is 4. The fourth-order valence-electron chi connectivity index (χ4n) is 4.22. The molecule has 1 spiro atoms. The van der Waals surface area contributed by atoms with Gasteiger partial charge < -0.3 is 4.74 Å². The van der Waals surface area contributed by atoms with E-state index in [0.717, 1.165) is 30.2 Å². The standard InChI is InChI=1S/C18H23BrO2/c1-2-21-17(13-7-3-4-9-15(13)19)14-8-5-6-11-18(14)12-10-16(18)20/h3-4,7,9,14,17H,2,5-6,8,10-12H2,1H3/t14-,17-,18+/m1/s1. The van der Waals surface area contributed by atoms with Crippen molar-refractivity contribution < 1.29 is 9.53 Å². The molecule has 114 valence electrons. The van der Waals surface area contributed by atoms with Crippen LogP contribution in [-0.2, 0) is 9.53 Å². The van der Waals surface area contributed by atoms with Gasteiger partial charge in [0.25, 0.3) is 0 Å². The molecular formula is C18H23BrO2. The maximum absolute atomic E-state index is 12.4. The fourth-order valence-corrected chi connectivity index (χ4v) is 4.73. The lowest BCUT2D eigenvalue weighted by Crippen LogP contribution is -2.50. The summed E-state index contributed by atoms with van der Waals surface area (Å²) in [6.45, 7) is 2.73. The van der Waals surface area contributed by atoms with Crippen molar-refractivity contribution in [3.63, 3.8) is 0 Å². The zero-order chi connectivity index (χ0) is 14.9. The molecule has 2 aliphatic carbocycles. The molecule has 2 saturated carbocycles. The van der Waals surface area contributed by atoms with Gasteiger partial charge in [-0.15, -0.1) is 0 Å². The van der Waals surface area contributed by atoms with Crippen molar-refractivity contribution in [2.24, 2.45) is 11.3 Å². The number of halogens is 1. The quantitative estimate of drug-likeness (QED) is 0.757.